The number of halogens is 1. The fourth-order valence-electron chi connectivity index (χ4n) is 1.20. The van der Waals surface area contributed by atoms with Gasteiger partial charge in [-0.05, 0) is 11.4 Å². The van der Waals surface area contributed by atoms with Gasteiger partial charge in [0.2, 0.25) is 5.96 Å². The molecule has 0 radical (unpaired) electrons. The molecule has 0 bridgehead atoms. The second-order valence-corrected chi connectivity index (χ2v) is 4.07. The lowest BCUT2D eigenvalue weighted by Crippen LogP contribution is -3.00. The van der Waals surface area contributed by atoms with Crippen LogP contribution in [0.25, 0.3) is 10.6 Å². The van der Waals surface area contributed by atoms with Gasteiger partial charge in [0.05, 0.1) is 10.6 Å². The molecule has 0 aliphatic heterocycles. The average Bonchev–Trinajstić information content (AvgIpc) is 2.84. The van der Waals surface area contributed by atoms with Crippen LogP contribution in [0.5, 0.6) is 0 Å². The SMILES string of the molecule is NC(N)=NC(N)=Nc1cc(-c2cccs2)[nH]n1.[Cl-]. The molecule has 2 heterocycles. The standard InChI is InChI=1S/C9H11N7S.ClH/c10-8(11)14-9(12)13-7-4-5(15-16-7)6-2-1-3-17-6;/h1-4H,(H7,10,11,12,13,14,15,16);1H/p-1. The summed E-state index contributed by atoms with van der Waals surface area (Å²) in [4.78, 5) is 8.60. The molecule has 0 aromatic carbocycles. The van der Waals surface area contributed by atoms with E-state index in [9.17, 15) is 0 Å². The summed E-state index contributed by atoms with van der Waals surface area (Å²) in [5.74, 6) is 0.255. The van der Waals surface area contributed by atoms with Crippen molar-refractivity contribution >= 4 is 29.1 Å². The summed E-state index contributed by atoms with van der Waals surface area (Å²) in [6.07, 6.45) is 0. The Bertz CT molecular complexity index is 553. The van der Waals surface area contributed by atoms with Crippen LogP contribution in [0.2, 0.25) is 0 Å². The maximum Gasteiger partial charge on any atom is 0.225 e. The number of aromatic amines is 1. The third-order valence-corrected chi connectivity index (χ3v) is 2.73. The summed E-state index contributed by atoms with van der Waals surface area (Å²) in [5, 5.41) is 8.82. The van der Waals surface area contributed by atoms with Gasteiger partial charge in [0.1, 0.15) is 0 Å². The van der Waals surface area contributed by atoms with E-state index >= 15 is 0 Å². The number of nitrogens with two attached hydrogens (primary N) is 3. The highest BCUT2D eigenvalue weighted by Gasteiger charge is 2.03. The molecule has 0 amide bonds. The van der Waals surface area contributed by atoms with E-state index in [1.165, 1.54) is 0 Å². The summed E-state index contributed by atoms with van der Waals surface area (Å²) in [6.45, 7) is 0. The second kappa shape index (κ2) is 6.03. The molecule has 0 aliphatic rings. The van der Waals surface area contributed by atoms with Gasteiger partial charge < -0.3 is 29.6 Å². The zero-order valence-electron chi connectivity index (χ0n) is 9.17. The van der Waals surface area contributed by atoms with Crippen LogP contribution in [0.4, 0.5) is 5.82 Å². The molecule has 2 aromatic rings. The van der Waals surface area contributed by atoms with Crippen LogP contribution in [0.3, 0.4) is 0 Å². The van der Waals surface area contributed by atoms with Crippen molar-refractivity contribution in [3.8, 4) is 10.6 Å². The topological polar surface area (TPSA) is 131 Å². The van der Waals surface area contributed by atoms with Gasteiger partial charge in [-0.3, -0.25) is 5.10 Å². The summed E-state index contributed by atoms with van der Waals surface area (Å²) in [5.41, 5.74) is 16.7. The molecular formula is C9H11ClN7S-. The minimum Gasteiger partial charge on any atom is -1.00 e. The molecule has 7 N–H and O–H groups in total. The van der Waals surface area contributed by atoms with E-state index < -0.39 is 0 Å². The van der Waals surface area contributed by atoms with Gasteiger partial charge in [-0.2, -0.15) is 15.1 Å². The molecule has 18 heavy (non-hydrogen) atoms. The molecular weight excluding hydrogens is 274 g/mol. The van der Waals surface area contributed by atoms with E-state index in [1.54, 1.807) is 17.4 Å². The Kier molecular flexibility index (Phi) is 4.69. The highest BCUT2D eigenvalue weighted by molar-refractivity contribution is 7.13. The van der Waals surface area contributed by atoms with Gasteiger partial charge in [0.15, 0.2) is 11.8 Å². The third kappa shape index (κ3) is 3.47. The van der Waals surface area contributed by atoms with Crippen molar-refractivity contribution in [1.82, 2.24) is 10.2 Å². The maximum atomic E-state index is 5.49. The molecule has 0 saturated carbocycles. The van der Waals surface area contributed by atoms with Crippen molar-refractivity contribution in [2.75, 3.05) is 0 Å². The van der Waals surface area contributed by atoms with Crippen LogP contribution in [-0.4, -0.2) is 22.1 Å². The van der Waals surface area contributed by atoms with Crippen molar-refractivity contribution in [3.63, 3.8) is 0 Å². The highest BCUT2D eigenvalue weighted by Crippen LogP contribution is 2.25. The first-order valence-electron chi connectivity index (χ1n) is 4.68. The maximum absolute atomic E-state index is 5.49. The Hall–Kier alpha value is -2.06. The Morgan fingerprint density at radius 3 is 2.72 bits per heavy atom. The van der Waals surface area contributed by atoms with Crippen LogP contribution in [-0.2, 0) is 0 Å². The van der Waals surface area contributed by atoms with Gasteiger partial charge in [-0.15, -0.1) is 11.3 Å². The first kappa shape index (κ1) is 14.0. The lowest BCUT2D eigenvalue weighted by atomic mass is 10.3. The highest BCUT2D eigenvalue weighted by atomic mass is 35.5. The molecule has 0 saturated heterocycles. The largest absolute Gasteiger partial charge is 1.00 e. The van der Waals surface area contributed by atoms with Gasteiger partial charge in [-0.25, -0.2) is 0 Å². The lowest BCUT2D eigenvalue weighted by Gasteiger charge is -1.90. The zero-order valence-corrected chi connectivity index (χ0v) is 10.7. The molecule has 9 heteroatoms. The van der Waals surface area contributed by atoms with Crippen LogP contribution >= 0.6 is 11.3 Å². The van der Waals surface area contributed by atoms with E-state index in [4.69, 9.17) is 17.2 Å². The Morgan fingerprint density at radius 1 is 1.33 bits per heavy atom. The number of rotatable bonds is 2. The minimum atomic E-state index is -0.139. The zero-order chi connectivity index (χ0) is 12.3. The smallest absolute Gasteiger partial charge is 0.225 e. The molecule has 0 atom stereocenters. The summed E-state index contributed by atoms with van der Waals surface area (Å²) in [7, 11) is 0. The second-order valence-electron chi connectivity index (χ2n) is 3.12. The third-order valence-electron chi connectivity index (χ3n) is 1.82. The summed E-state index contributed by atoms with van der Waals surface area (Å²) >= 11 is 1.60. The fourth-order valence-corrected chi connectivity index (χ4v) is 1.89. The van der Waals surface area contributed by atoms with Crippen LogP contribution < -0.4 is 29.6 Å². The molecule has 0 unspecified atom stereocenters. The number of hydrogen-bond acceptors (Lipinski definition) is 3. The molecule has 0 spiro atoms. The van der Waals surface area contributed by atoms with Crippen molar-refractivity contribution in [2.24, 2.45) is 27.2 Å². The number of thiophene rings is 1. The quantitative estimate of drug-likeness (QED) is 0.354. The molecule has 2 aromatic heterocycles. The van der Waals surface area contributed by atoms with Crippen molar-refractivity contribution in [2.45, 2.75) is 0 Å². The molecule has 0 aliphatic carbocycles. The first-order valence-corrected chi connectivity index (χ1v) is 5.56. The minimum absolute atomic E-state index is 0. The predicted molar refractivity (Wildman–Crippen MR) is 69.0 cm³/mol. The average molecular weight is 285 g/mol. The van der Waals surface area contributed by atoms with E-state index in [0.717, 1.165) is 10.6 Å². The fraction of sp³-hybridized carbons (Fsp3) is 0. The van der Waals surface area contributed by atoms with Gasteiger partial charge in [0.25, 0.3) is 0 Å². The van der Waals surface area contributed by atoms with Gasteiger partial charge in [0, 0.05) is 6.07 Å². The number of nitrogens with zero attached hydrogens (tertiary/aromatic N) is 3. The van der Waals surface area contributed by atoms with Crippen LogP contribution in [0, 0.1) is 0 Å². The monoisotopic (exact) mass is 284 g/mol. The van der Waals surface area contributed by atoms with Crippen LogP contribution in [0.1, 0.15) is 0 Å². The van der Waals surface area contributed by atoms with Gasteiger partial charge >= 0.3 is 0 Å². The number of nitrogens with one attached hydrogen (secondary N) is 1. The molecule has 0 fully saturated rings. The lowest BCUT2D eigenvalue weighted by molar-refractivity contribution is -0.00000406. The summed E-state index contributed by atoms with van der Waals surface area (Å²) in [6, 6.07) is 5.70. The first-order chi connectivity index (χ1) is 8.15. The normalized spacial score (nSPS) is 10.8. The number of aromatic nitrogens is 2. The van der Waals surface area contributed by atoms with Crippen molar-refractivity contribution in [3.05, 3.63) is 23.6 Å². The van der Waals surface area contributed by atoms with Gasteiger partial charge in [-0.1, -0.05) is 6.07 Å². The van der Waals surface area contributed by atoms with Crippen LogP contribution in [0.15, 0.2) is 33.6 Å². The van der Waals surface area contributed by atoms with E-state index in [0.29, 0.717) is 5.82 Å². The number of H-pyrrole nitrogens is 1. The summed E-state index contributed by atoms with van der Waals surface area (Å²) < 4.78 is 0. The number of aliphatic imine (C=N–C) groups is 2. The molecule has 96 valence electrons. The molecule has 7 nitrogen and oxygen atoms in total. The van der Waals surface area contributed by atoms with E-state index in [-0.39, 0.29) is 24.3 Å². The Balaban J connectivity index is 0.00000162. The van der Waals surface area contributed by atoms with E-state index in [1.807, 2.05) is 17.5 Å². The van der Waals surface area contributed by atoms with Crippen molar-refractivity contribution < 1.29 is 12.4 Å². The number of hydrogen-bond donors (Lipinski definition) is 4. The van der Waals surface area contributed by atoms with E-state index in [2.05, 4.69) is 20.2 Å². The Morgan fingerprint density at radius 2 is 2.11 bits per heavy atom. The van der Waals surface area contributed by atoms with Crippen molar-refractivity contribution in [1.29, 1.82) is 0 Å². The Labute approximate surface area is 113 Å². The predicted octanol–water partition coefficient (Wildman–Crippen LogP) is -2.64. The molecule has 2 rings (SSSR count). The number of guanidine groups is 2.